The number of anilines is 1. The Bertz CT molecular complexity index is 630. The van der Waals surface area contributed by atoms with Crippen molar-refractivity contribution in [3.63, 3.8) is 0 Å². The van der Waals surface area contributed by atoms with E-state index in [1.807, 2.05) is 12.1 Å². The summed E-state index contributed by atoms with van der Waals surface area (Å²) in [5.41, 5.74) is 2.16. The van der Waals surface area contributed by atoms with Crippen LogP contribution in [-0.2, 0) is 16.1 Å². The van der Waals surface area contributed by atoms with Crippen LogP contribution < -0.4 is 16.0 Å². The van der Waals surface area contributed by atoms with Crippen molar-refractivity contribution in [1.82, 2.24) is 10.6 Å². The first-order valence-corrected chi connectivity index (χ1v) is 10.7. The van der Waals surface area contributed by atoms with Gasteiger partial charge in [-0.25, -0.2) is 0 Å². The smallest absolute Gasteiger partial charge is 0.227 e. The quantitative estimate of drug-likeness (QED) is 0.675. The van der Waals surface area contributed by atoms with Crippen molar-refractivity contribution >= 4 is 24.0 Å². The Morgan fingerprint density at radius 2 is 2.00 bits per heavy atom. The predicted octanol–water partition coefficient (Wildman–Crippen LogP) is 3.48. The van der Waals surface area contributed by atoms with Crippen LogP contribution >= 0.6 is 12.4 Å². The molecule has 1 heterocycles. The maximum Gasteiger partial charge on any atom is 0.227 e. The Kier molecular flexibility index (Phi) is 8.15. The Balaban J connectivity index is 0.00000225. The minimum absolute atomic E-state index is 0. The zero-order valence-electron chi connectivity index (χ0n) is 16.6. The SMILES string of the molecule is Cl.O=C(Nc1cccc(CNC2CCCC2C2COCCN2)c1)C1CCCC1. The van der Waals surface area contributed by atoms with E-state index in [0.717, 1.165) is 44.8 Å². The van der Waals surface area contributed by atoms with Crippen molar-refractivity contribution in [3.05, 3.63) is 29.8 Å². The fourth-order valence-corrected chi connectivity index (χ4v) is 5.02. The van der Waals surface area contributed by atoms with Crippen LogP contribution in [0.5, 0.6) is 0 Å². The van der Waals surface area contributed by atoms with E-state index in [9.17, 15) is 4.79 Å². The first-order valence-electron chi connectivity index (χ1n) is 10.7. The number of ether oxygens (including phenoxy) is 1. The van der Waals surface area contributed by atoms with Crippen LogP contribution in [0.1, 0.15) is 50.5 Å². The molecule has 1 aliphatic heterocycles. The Morgan fingerprint density at radius 3 is 2.79 bits per heavy atom. The van der Waals surface area contributed by atoms with Gasteiger partial charge in [0.15, 0.2) is 0 Å². The minimum atomic E-state index is 0. The van der Waals surface area contributed by atoms with Crippen LogP contribution in [0, 0.1) is 11.8 Å². The standard InChI is InChI=1S/C22H33N3O2.ClH/c26-22(17-6-1-2-7-17)25-18-8-3-5-16(13-18)14-24-20-10-4-9-19(20)21-15-27-12-11-23-21;/h3,5,8,13,17,19-21,23-24H,1-2,4,6-7,9-12,14-15H2,(H,25,26);1H. The van der Waals surface area contributed by atoms with Crippen molar-refractivity contribution in [2.75, 3.05) is 25.1 Å². The molecule has 156 valence electrons. The van der Waals surface area contributed by atoms with E-state index in [0.29, 0.717) is 18.0 Å². The minimum Gasteiger partial charge on any atom is -0.379 e. The molecule has 0 radical (unpaired) electrons. The maximum absolute atomic E-state index is 12.4. The molecule has 3 unspecified atom stereocenters. The highest BCUT2D eigenvalue weighted by atomic mass is 35.5. The van der Waals surface area contributed by atoms with Crippen LogP contribution in [0.15, 0.2) is 24.3 Å². The summed E-state index contributed by atoms with van der Waals surface area (Å²) >= 11 is 0. The van der Waals surface area contributed by atoms with Crippen molar-refractivity contribution in [1.29, 1.82) is 0 Å². The molecule has 3 atom stereocenters. The largest absolute Gasteiger partial charge is 0.379 e. The summed E-state index contributed by atoms with van der Waals surface area (Å²) in [5, 5.41) is 10.5. The Morgan fingerprint density at radius 1 is 1.14 bits per heavy atom. The summed E-state index contributed by atoms with van der Waals surface area (Å²) in [5.74, 6) is 1.05. The van der Waals surface area contributed by atoms with Crippen LogP contribution in [0.25, 0.3) is 0 Å². The summed E-state index contributed by atoms with van der Waals surface area (Å²) in [6, 6.07) is 9.33. The lowest BCUT2D eigenvalue weighted by Gasteiger charge is -2.33. The molecule has 1 amide bonds. The summed E-state index contributed by atoms with van der Waals surface area (Å²) < 4.78 is 5.67. The molecule has 4 rings (SSSR count). The first-order chi connectivity index (χ1) is 13.3. The first kappa shape index (κ1) is 21.6. The molecule has 2 saturated carbocycles. The van der Waals surface area contributed by atoms with Gasteiger partial charge in [0.1, 0.15) is 0 Å². The summed E-state index contributed by atoms with van der Waals surface area (Å²) in [4.78, 5) is 12.4. The topological polar surface area (TPSA) is 62.4 Å². The van der Waals surface area contributed by atoms with E-state index in [2.05, 4.69) is 28.1 Å². The third kappa shape index (κ3) is 5.47. The van der Waals surface area contributed by atoms with E-state index in [1.165, 1.54) is 37.7 Å². The van der Waals surface area contributed by atoms with Crippen LogP contribution in [0.4, 0.5) is 5.69 Å². The lowest BCUT2D eigenvalue weighted by Crippen LogP contribution is -2.50. The molecule has 0 bridgehead atoms. The monoisotopic (exact) mass is 407 g/mol. The van der Waals surface area contributed by atoms with Gasteiger partial charge in [-0.2, -0.15) is 0 Å². The second kappa shape index (κ2) is 10.6. The van der Waals surface area contributed by atoms with E-state index >= 15 is 0 Å². The molecule has 1 aromatic rings. The van der Waals surface area contributed by atoms with Gasteiger partial charge < -0.3 is 20.7 Å². The average molecular weight is 408 g/mol. The molecule has 3 fully saturated rings. The van der Waals surface area contributed by atoms with Gasteiger partial charge in [0.2, 0.25) is 5.91 Å². The second-order valence-electron chi connectivity index (χ2n) is 8.39. The highest BCUT2D eigenvalue weighted by Gasteiger charge is 2.34. The number of morpholine rings is 1. The molecule has 0 aromatic heterocycles. The third-order valence-corrected chi connectivity index (χ3v) is 6.53. The number of halogens is 1. The van der Waals surface area contributed by atoms with Gasteiger partial charge in [-0.15, -0.1) is 12.4 Å². The molecule has 2 aliphatic carbocycles. The summed E-state index contributed by atoms with van der Waals surface area (Å²) in [6.07, 6.45) is 8.25. The zero-order chi connectivity index (χ0) is 18.5. The molecule has 3 N–H and O–H groups in total. The average Bonchev–Trinajstić information content (AvgIpc) is 3.39. The van der Waals surface area contributed by atoms with Crippen molar-refractivity contribution in [2.24, 2.45) is 11.8 Å². The molecule has 28 heavy (non-hydrogen) atoms. The Labute approximate surface area is 174 Å². The lowest BCUT2D eigenvalue weighted by molar-refractivity contribution is -0.119. The number of amides is 1. The second-order valence-corrected chi connectivity index (χ2v) is 8.39. The molecule has 3 aliphatic rings. The summed E-state index contributed by atoms with van der Waals surface area (Å²) in [7, 11) is 0. The van der Waals surface area contributed by atoms with E-state index in [1.54, 1.807) is 0 Å². The van der Waals surface area contributed by atoms with Crippen LogP contribution in [-0.4, -0.2) is 37.7 Å². The highest BCUT2D eigenvalue weighted by molar-refractivity contribution is 5.92. The molecule has 5 nitrogen and oxygen atoms in total. The normalized spacial score (nSPS) is 28.1. The fraction of sp³-hybridized carbons (Fsp3) is 0.682. The molecule has 0 spiro atoms. The van der Waals surface area contributed by atoms with Gasteiger partial charge in [0.05, 0.1) is 13.2 Å². The van der Waals surface area contributed by atoms with Gasteiger partial charge in [-0.05, 0) is 49.3 Å². The molecule has 1 saturated heterocycles. The van der Waals surface area contributed by atoms with E-state index in [-0.39, 0.29) is 24.2 Å². The van der Waals surface area contributed by atoms with Gasteiger partial charge >= 0.3 is 0 Å². The van der Waals surface area contributed by atoms with E-state index in [4.69, 9.17) is 4.74 Å². The molecular weight excluding hydrogens is 374 g/mol. The fourth-order valence-electron chi connectivity index (χ4n) is 5.02. The third-order valence-electron chi connectivity index (χ3n) is 6.53. The van der Waals surface area contributed by atoms with Gasteiger partial charge in [-0.1, -0.05) is 31.4 Å². The number of carbonyl (C=O) groups excluding carboxylic acids is 1. The number of benzene rings is 1. The van der Waals surface area contributed by atoms with Crippen molar-refractivity contribution in [3.8, 4) is 0 Å². The van der Waals surface area contributed by atoms with Gasteiger partial charge in [0, 0.05) is 36.8 Å². The molecule has 1 aromatic carbocycles. The van der Waals surface area contributed by atoms with Gasteiger partial charge in [0.25, 0.3) is 0 Å². The number of rotatable bonds is 6. The molecule has 6 heteroatoms. The number of hydrogen-bond donors (Lipinski definition) is 3. The molecular formula is C22H34ClN3O2. The Hall–Kier alpha value is -1.14. The number of nitrogens with one attached hydrogen (secondary N) is 3. The maximum atomic E-state index is 12.4. The van der Waals surface area contributed by atoms with Crippen molar-refractivity contribution in [2.45, 2.75) is 63.6 Å². The predicted molar refractivity (Wildman–Crippen MR) is 115 cm³/mol. The van der Waals surface area contributed by atoms with Crippen LogP contribution in [0.2, 0.25) is 0 Å². The highest BCUT2D eigenvalue weighted by Crippen LogP contribution is 2.30. The van der Waals surface area contributed by atoms with Gasteiger partial charge in [-0.3, -0.25) is 4.79 Å². The van der Waals surface area contributed by atoms with E-state index < -0.39 is 0 Å². The lowest BCUT2D eigenvalue weighted by atomic mass is 9.94. The number of hydrogen-bond acceptors (Lipinski definition) is 4. The summed E-state index contributed by atoms with van der Waals surface area (Å²) in [6.45, 7) is 3.49. The number of carbonyl (C=O) groups is 1. The van der Waals surface area contributed by atoms with Crippen molar-refractivity contribution < 1.29 is 9.53 Å². The van der Waals surface area contributed by atoms with Crippen LogP contribution in [0.3, 0.4) is 0 Å². The zero-order valence-corrected chi connectivity index (χ0v) is 17.4.